The molecule has 1 saturated carbocycles. The molecule has 1 N–H and O–H groups in total. The van der Waals surface area contributed by atoms with Crippen LogP contribution in [0.5, 0.6) is 0 Å². The first-order valence-corrected chi connectivity index (χ1v) is 6.54. The molecule has 0 amide bonds. The van der Waals surface area contributed by atoms with E-state index in [9.17, 15) is 5.11 Å². The molecular formula is C15H24O. The van der Waals surface area contributed by atoms with Gasteiger partial charge in [-0.2, -0.15) is 0 Å². The Morgan fingerprint density at radius 2 is 2.31 bits per heavy atom. The van der Waals surface area contributed by atoms with Crippen molar-refractivity contribution < 1.29 is 5.11 Å². The molecule has 1 fully saturated rings. The van der Waals surface area contributed by atoms with Gasteiger partial charge in [0.25, 0.3) is 0 Å². The van der Waals surface area contributed by atoms with Gasteiger partial charge in [0.2, 0.25) is 0 Å². The van der Waals surface area contributed by atoms with Crippen molar-refractivity contribution in [1.29, 1.82) is 0 Å². The molecule has 90 valence electrons. The summed E-state index contributed by atoms with van der Waals surface area (Å²) in [6.07, 6.45) is 8.45. The Morgan fingerprint density at radius 1 is 1.56 bits per heavy atom. The molecule has 16 heavy (non-hydrogen) atoms. The van der Waals surface area contributed by atoms with Gasteiger partial charge in [0.15, 0.2) is 0 Å². The zero-order chi connectivity index (χ0) is 11.8. The van der Waals surface area contributed by atoms with Gasteiger partial charge in [0, 0.05) is 0 Å². The lowest BCUT2D eigenvalue weighted by Crippen LogP contribution is -2.33. The van der Waals surface area contributed by atoms with Crippen molar-refractivity contribution in [2.75, 3.05) is 6.61 Å². The summed E-state index contributed by atoms with van der Waals surface area (Å²) in [5.74, 6) is 1.52. The smallest absolute Gasteiger partial charge is 0.0641 e. The highest BCUT2D eigenvalue weighted by Gasteiger charge is 2.47. The lowest BCUT2D eigenvalue weighted by molar-refractivity contribution is 0.138. The van der Waals surface area contributed by atoms with E-state index in [2.05, 4.69) is 26.5 Å². The molecule has 0 heterocycles. The highest BCUT2D eigenvalue weighted by molar-refractivity contribution is 5.18. The van der Waals surface area contributed by atoms with Crippen LogP contribution in [-0.4, -0.2) is 11.7 Å². The van der Waals surface area contributed by atoms with Crippen molar-refractivity contribution >= 4 is 0 Å². The minimum atomic E-state index is 0.252. The molecule has 0 bridgehead atoms. The summed E-state index contributed by atoms with van der Waals surface area (Å²) in [6, 6.07) is 0. The largest absolute Gasteiger partial charge is 0.392 e. The van der Waals surface area contributed by atoms with Crippen LogP contribution in [0.15, 0.2) is 23.8 Å². The van der Waals surface area contributed by atoms with Crippen molar-refractivity contribution in [3.8, 4) is 0 Å². The van der Waals surface area contributed by atoms with Gasteiger partial charge in [0.05, 0.1) is 6.61 Å². The van der Waals surface area contributed by atoms with Crippen LogP contribution in [0, 0.1) is 17.3 Å². The molecule has 1 heteroatoms. The average molecular weight is 220 g/mol. The average Bonchev–Trinajstić information content (AvgIpc) is 2.58. The van der Waals surface area contributed by atoms with E-state index < -0.39 is 0 Å². The van der Waals surface area contributed by atoms with Gasteiger partial charge in [-0.3, -0.25) is 0 Å². The van der Waals surface area contributed by atoms with Crippen molar-refractivity contribution in [3.63, 3.8) is 0 Å². The van der Waals surface area contributed by atoms with E-state index in [1.165, 1.54) is 30.4 Å². The summed E-state index contributed by atoms with van der Waals surface area (Å²) in [6.45, 7) is 9.04. The molecule has 0 saturated heterocycles. The van der Waals surface area contributed by atoms with Crippen molar-refractivity contribution in [3.05, 3.63) is 23.8 Å². The number of hydrogen-bond acceptors (Lipinski definition) is 1. The van der Waals surface area contributed by atoms with Crippen LogP contribution < -0.4 is 0 Å². The van der Waals surface area contributed by atoms with Gasteiger partial charge in [-0.05, 0) is 61.9 Å². The molecule has 2 rings (SSSR count). The Bertz CT molecular complexity index is 315. The highest BCUT2D eigenvalue weighted by Crippen LogP contribution is 2.57. The Kier molecular flexibility index (Phi) is 3.25. The fourth-order valence-corrected chi connectivity index (χ4v) is 3.91. The highest BCUT2D eigenvalue weighted by atomic mass is 16.3. The predicted molar refractivity (Wildman–Crippen MR) is 68.2 cm³/mol. The molecule has 0 aromatic rings. The van der Waals surface area contributed by atoms with Crippen molar-refractivity contribution in [1.82, 2.24) is 0 Å². The normalized spacial score (nSPS) is 38.8. The zero-order valence-corrected chi connectivity index (χ0v) is 10.6. The minimum absolute atomic E-state index is 0.252. The number of aliphatic hydroxyl groups is 1. The summed E-state index contributed by atoms with van der Waals surface area (Å²) in [5, 5.41) is 9.18. The Hall–Kier alpha value is -0.560. The molecular weight excluding hydrogens is 196 g/mol. The van der Waals surface area contributed by atoms with E-state index in [1.54, 1.807) is 0 Å². The van der Waals surface area contributed by atoms with E-state index in [0.717, 1.165) is 18.8 Å². The van der Waals surface area contributed by atoms with Gasteiger partial charge in [-0.15, -0.1) is 0 Å². The maximum atomic E-state index is 9.18. The van der Waals surface area contributed by atoms with E-state index in [0.29, 0.717) is 11.3 Å². The second-order valence-electron chi connectivity index (χ2n) is 5.84. The van der Waals surface area contributed by atoms with Crippen molar-refractivity contribution in [2.24, 2.45) is 17.3 Å². The van der Waals surface area contributed by atoms with Gasteiger partial charge in [-0.25, -0.2) is 0 Å². The number of hydrogen-bond donors (Lipinski definition) is 1. The topological polar surface area (TPSA) is 20.2 Å². The van der Waals surface area contributed by atoms with E-state index in [-0.39, 0.29) is 6.61 Å². The molecule has 0 aromatic carbocycles. The predicted octanol–water partition coefficient (Wildman–Crippen LogP) is 3.70. The van der Waals surface area contributed by atoms with Gasteiger partial charge >= 0.3 is 0 Å². The van der Waals surface area contributed by atoms with Gasteiger partial charge in [-0.1, -0.05) is 25.2 Å². The van der Waals surface area contributed by atoms with Crippen molar-refractivity contribution in [2.45, 2.75) is 46.0 Å². The summed E-state index contributed by atoms with van der Waals surface area (Å²) in [7, 11) is 0. The van der Waals surface area contributed by atoms with Crippen LogP contribution in [0.3, 0.4) is 0 Å². The maximum absolute atomic E-state index is 9.18. The quantitative estimate of drug-likeness (QED) is 0.704. The molecule has 1 spiro atoms. The third-order valence-electron chi connectivity index (χ3n) is 5.04. The molecule has 0 aromatic heterocycles. The Morgan fingerprint density at radius 3 is 2.81 bits per heavy atom. The first-order chi connectivity index (χ1) is 7.60. The molecule has 0 radical (unpaired) electrons. The molecule has 0 aliphatic heterocycles. The van der Waals surface area contributed by atoms with E-state index in [4.69, 9.17) is 0 Å². The SMILES string of the molecule is C=C(C)[C@@H]1CC[C@@H](C)[C@@]12CC=C(CO)CC2. The van der Waals surface area contributed by atoms with Crippen LogP contribution in [0.4, 0.5) is 0 Å². The van der Waals surface area contributed by atoms with E-state index >= 15 is 0 Å². The first kappa shape index (κ1) is 11.9. The number of aliphatic hydroxyl groups excluding tert-OH is 1. The van der Waals surface area contributed by atoms with Gasteiger partial charge < -0.3 is 5.11 Å². The fraction of sp³-hybridized carbons (Fsp3) is 0.733. The van der Waals surface area contributed by atoms with Crippen LogP contribution in [0.1, 0.15) is 46.0 Å². The second kappa shape index (κ2) is 4.37. The van der Waals surface area contributed by atoms with Gasteiger partial charge in [0.1, 0.15) is 0 Å². The van der Waals surface area contributed by atoms with Crippen LogP contribution >= 0.6 is 0 Å². The summed E-state index contributed by atoms with van der Waals surface area (Å²) in [4.78, 5) is 0. The monoisotopic (exact) mass is 220 g/mol. The summed E-state index contributed by atoms with van der Waals surface area (Å²) in [5.41, 5.74) is 3.07. The van der Waals surface area contributed by atoms with Crippen LogP contribution in [-0.2, 0) is 0 Å². The molecule has 2 aliphatic carbocycles. The molecule has 3 atom stereocenters. The molecule has 1 nitrogen and oxygen atoms in total. The third kappa shape index (κ3) is 1.75. The standard InChI is InChI=1S/C15H24O/c1-11(2)14-5-4-12(3)15(14)8-6-13(10-16)7-9-15/h6,12,14,16H,1,4-5,7-10H2,2-3H3/t12-,14+,15+/m1/s1. The fourth-order valence-electron chi connectivity index (χ4n) is 3.91. The van der Waals surface area contributed by atoms with Crippen LogP contribution in [0.2, 0.25) is 0 Å². The minimum Gasteiger partial charge on any atom is -0.392 e. The second-order valence-corrected chi connectivity index (χ2v) is 5.84. The lowest BCUT2D eigenvalue weighted by atomic mass is 9.63. The number of allylic oxidation sites excluding steroid dienone is 2. The molecule has 2 aliphatic rings. The summed E-state index contributed by atoms with van der Waals surface area (Å²) < 4.78 is 0. The first-order valence-electron chi connectivity index (χ1n) is 6.54. The number of rotatable bonds is 2. The lowest BCUT2D eigenvalue weighted by Gasteiger charge is -2.42. The Balaban J connectivity index is 2.23. The molecule has 0 unspecified atom stereocenters. The Labute approximate surface area is 99.3 Å². The third-order valence-corrected chi connectivity index (χ3v) is 5.04. The zero-order valence-electron chi connectivity index (χ0n) is 10.6. The maximum Gasteiger partial charge on any atom is 0.0641 e. The van der Waals surface area contributed by atoms with E-state index in [1.807, 2.05) is 0 Å². The summed E-state index contributed by atoms with van der Waals surface area (Å²) >= 11 is 0. The van der Waals surface area contributed by atoms with Crippen LogP contribution in [0.25, 0.3) is 0 Å².